The zero-order valence-electron chi connectivity index (χ0n) is 8.48. The number of nitrogens with zero attached hydrogens (tertiary/aromatic N) is 2. The first-order valence-electron chi connectivity index (χ1n) is 5.18. The average Bonchev–Trinajstić information content (AvgIpc) is 2.53. The van der Waals surface area contributed by atoms with Gasteiger partial charge in [0.15, 0.2) is 0 Å². The summed E-state index contributed by atoms with van der Waals surface area (Å²) in [7, 11) is 0. The standard InChI is InChI=1S/C9H19N3O.ClH/c13-9-1-4-12(7-9)8-11-5-2-10-3-6-11;/h9-10,13H,1-8H2;1H/t9-;/m0./s1. The molecule has 0 aromatic heterocycles. The molecule has 0 unspecified atom stereocenters. The second-order valence-electron chi connectivity index (χ2n) is 4.03. The quantitative estimate of drug-likeness (QED) is 0.650. The maximum Gasteiger partial charge on any atom is 0.0679 e. The molecule has 0 spiro atoms. The first-order valence-corrected chi connectivity index (χ1v) is 5.18. The molecule has 2 fully saturated rings. The van der Waals surface area contributed by atoms with Crippen molar-refractivity contribution in [2.45, 2.75) is 12.5 Å². The van der Waals surface area contributed by atoms with Gasteiger partial charge in [-0.2, -0.15) is 0 Å². The molecule has 0 aromatic carbocycles. The first-order chi connectivity index (χ1) is 6.34. The van der Waals surface area contributed by atoms with Gasteiger partial charge in [0.1, 0.15) is 0 Å². The van der Waals surface area contributed by atoms with Crippen LogP contribution >= 0.6 is 12.4 Å². The van der Waals surface area contributed by atoms with Gasteiger partial charge in [-0.15, -0.1) is 12.4 Å². The van der Waals surface area contributed by atoms with Crippen LogP contribution in [0, 0.1) is 0 Å². The number of β-amino-alcohol motifs (C(OH)–C–C–N with tert-alkyl or cyclic N) is 1. The molecule has 0 amide bonds. The van der Waals surface area contributed by atoms with Crippen molar-refractivity contribution in [2.24, 2.45) is 0 Å². The van der Waals surface area contributed by atoms with Gasteiger partial charge in [0.05, 0.1) is 12.8 Å². The molecule has 0 bridgehead atoms. The minimum Gasteiger partial charge on any atom is -0.392 e. The fourth-order valence-electron chi connectivity index (χ4n) is 2.08. The molecule has 2 saturated heterocycles. The largest absolute Gasteiger partial charge is 0.392 e. The van der Waals surface area contributed by atoms with Gasteiger partial charge in [-0.25, -0.2) is 0 Å². The lowest BCUT2D eigenvalue weighted by Crippen LogP contribution is -2.47. The number of hydrogen-bond donors (Lipinski definition) is 2. The van der Waals surface area contributed by atoms with Crippen LogP contribution < -0.4 is 5.32 Å². The Balaban J connectivity index is 0.000000980. The lowest BCUT2D eigenvalue weighted by Gasteiger charge is -2.30. The fourth-order valence-corrected chi connectivity index (χ4v) is 2.08. The van der Waals surface area contributed by atoms with Crippen molar-refractivity contribution in [3.05, 3.63) is 0 Å². The molecule has 0 saturated carbocycles. The van der Waals surface area contributed by atoms with E-state index in [4.69, 9.17) is 0 Å². The van der Waals surface area contributed by atoms with Crippen molar-refractivity contribution in [1.82, 2.24) is 15.1 Å². The highest BCUT2D eigenvalue weighted by atomic mass is 35.5. The Kier molecular flexibility index (Phi) is 5.12. The zero-order valence-corrected chi connectivity index (χ0v) is 9.30. The lowest BCUT2D eigenvalue weighted by atomic mass is 10.3. The molecule has 2 N–H and O–H groups in total. The Morgan fingerprint density at radius 1 is 1.14 bits per heavy atom. The number of aliphatic hydroxyl groups is 1. The molecule has 0 radical (unpaired) electrons. The minimum atomic E-state index is -0.0806. The summed E-state index contributed by atoms with van der Waals surface area (Å²) in [5, 5.41) is 12.7. The van der Waals surface area contributed by atoms with E-state index < -0.39 is 0 Å². The van der Waals surface area contributed by atoms with E-state index in [1.165, 1.54) is 0 Å². The summed E-state index contributed by atoms with van der Waals surface area (Å²) in [6, 6.07) is 0. The Morgan fingerprint density at radius 2 is 1.86 bits per heavy atom. The predicted molar refractivity (Wildman–Crippen MR) is 58.8 cm³/mol. The van der Waals surface area contributed by atoms with Crippen LogP contribution in [0.3, 0.4) is 0 Å². The summed E-state index contributed by atoms with van der Waals surface area (Å²) in [6.45, 7) is 7.47. The molecule has 5 heteroatoms. The summed E-state index contributed by atoms with van der Waals surface area (Å²) in [5.41, 5.74) is 0. The van der Waals surface area contributed by atoms with Crippen LogP contribution in [-0.4, -0.2) is 66.9 Å². The van der Waals surface area contributed by atoms with E-state index in [1.54, 1.807) is 0 Å². The monoisotopic (exact) mass is 221 g/mol. The van der Waals surface area contributed by atoms with Crippen LogP contribution in [0.5, 0.6) is 0 Å². The van der Waals surface area contributed by atoms with E-state index in [0.29, 0.717) is 0 Å². The second-order valence-corrected chi connectivity index (χ2v) is 4.03. The normalized spacial score (nSPS) is 30.2. The molecule has 84 valence electrons. The predicted octanol–water partition coefficient (Wildman–Crippen LogP) is -0.662. The van der Waals surface area contributed by atoms with Crippen molar-refractivity contribution < 1.29 is 5.11 Å². The highest BCUT2D eigenvalue weighted by Crippen LogP contribution is 2.09. The van der Waals surface area contributed by atoms with Crippen molar-refractivity contribution in [1.29, 1.82) is 0 Å². The van der Waals surface area contributed by atoms with Gasteiger partial charge in [0.2, 0.25) is 0 Å². The maximum absolute atomic E-state index is 9.36. The van der Waals surface area contributed by atoms with E-state index in [2.05, 4.69) is 15.1 Å². The van der Waals surface area contributed by atoms with Crippen LogP contribution in [0.4, 0.5) is 0 Å². The second kappa shape index (κ2) is 5.88. The van der Waals surface area contributed by atoms with Gasteiger partial charge in [0, 0.05) is 39.3 Å². The van der Waals surface area contributed by atoms with Gasteiger partial charge >= 0.3 is 0 Å². The molecule has 2 aliphatic heterocycles. The van der Waals surface area contributed by atoms with Gasteiger partial charge in [-0.05, 0) is 6.42 Å². The molecule has 14 heavy (non-hydrogen) atoms. The number of likely N-dealkylation sites (tertiary alicyclic amines) is 1. The van der Waals surface area contributed by atoms with Crippen LogP contribution in [0.25, 0.3) is 0 Å². The van der Waals surface area contributed by atoms with E-state index >= 15 is 0 Å². The Labute approximate surface area is 91.7 Å². The van der Waals surface area contributed by atoms with Gasteiger partial charge in [-0.3, -0.25) is 9.80 Å². The summed E-state index contributed by atoms with van der Waals surface area (Å²) < 4.78 is 0. The van der Waals surface area contributed by atoms with Crippen LogP contribution in [0.1, 0.15) is 6.42 Å². The summed E-state index contributed by atoms with van der Waals surface area (Å²) >= 11 is 0. The molecular weight excluding hydrogens is 202 g/mol. The highest BCUT2D eigenvalue weighted by molar-refractivity contribution is 5.85. The Hall–Kier alpha value is 0.130. The molecule has 0 aliphatic carbocycles. The van der Waals surface area contributed by atoms with Crippen molar-refractivity contribution in [3.63, 3.8) is 0 Å². The molecule has 2 heterocycles. The SMILES string of the molecule is Cl.O[C@H]1CCN(CN2CCNCC2)C1. The molecular formula is C9H20ClN3O. The number of nitrogens with one attached hydrogen (secondary N) is 1. The topological polar surface area (TPSA) is 38.7 Å². The Bertz CT molecular complexity index is 161. The first kappa shape index (κ1) is 12.2. The molecule has 0 aromatic rings. The summed E-state index contributed by atoms with van der Waals surface area (Å²) in [5.74, 6) is 0. The minimum absolute atomic E-state index is 0. The molecule has 2 rings (SSSR count). The van der Waals surface area contributed by atoms with Crippen molar-refractivity contribution in [3.8, 4) is 0 Å². The lowest BCUT2D eigenvalue weighted by molar-refractivity contribution is 0.118. The van der Waals surface area contributed by atoms with E-state index in [9.17, 15) is 5.11 Å². The Morgan fingerprint density at radius 3 is 2.43 bits per heavy atom. The fraction of sp³-hybridized carbons (Fsp3) is 1.00. The third kappa shape index (κ3) is 3.37. The smallest absolute Gasteiger partial charge is 0.0679 e. The highest BCUT2D eigenvalue weighted by Gasteiger charge is 2.22. The molecule has 4 nitrogen and oxygen atoms in total. The zero-order chi connectivity index (χ0) is 9.10. The van der Waals surface area contributed by atoms with Gasteiger partial charge in [-0.1, -0.05) is 0 Å². The van der Waals surface area contributed by atoms with Gasteiger partial charge < -0.3 is 10.4 Å². The maximum atomic E-state index is 9.36. The van der Waals surface area contributed by atoms with E-state index in [1.807, 2.05) is 0 Å². The number of piperazine rings is 1. The number of rotatable bonds is 2. The third-order valence-electron chi connectivity index (χ3n) is 2.86. The van der Waals surface area contributed by atoms with E-state index in [0.717, 1.165) is 52.4 Å². The van der Waals surface area contributed by atoms with Gasteiger partial charge in [0.25, 0.3) is 0 Å². The van der Waals surface area contributed by atoms with E-state index in [-0.39, 0.29) is 18.5 Å². The number of aliphatic hydroxyl groups excluding tert-OH is 1. The average molecular weight is 222 g/mol. The van der Waals surface area contributed by atoms with Crippen LogP contribution in [0.2, 0.25) is 0 Å². The number of halogens is 1. The van der Waals surface area contributed by atoms with Crippen molar-refractivity contribution >= 4 is 12.4 Å². The summed E-state index contributed by atoms with van der Waals surface area (Å²) in [4.78, 5) is 4.80. The van der Waals surface area contributed by atoms with Crippen LogP contribution in [-0.2, 0) is 0 Å². The van der Waals surface area contributed by atoms with Crippen LogP contribution in [0.15, 0.2) is 0 Å². The third-order valence-corrected chi connectivity index (χ3v) is 2.86. The summed E-state index contributed by atoms with van der Waals surface area (Å²) in [6.07, 6.45) is 0.870. The number of hydrogen-bond acceptors (Lipinski definition) is 4. The molecule has 1 atom stereocenters. The molecule has 2 aliphatic rings. The van der Waals surface area contributed by atoms with Crippen molar-refractivity contribution in [2.75, 3.05) is 45.9 Å².